The topological polar surface area (TPSA) is 87.8 Å². The number of hydrogen-bond acceptors (Lipinski definition) is 4. The van der Waals surface area contributed by atoms with Crippen LogP contribution in [-0.2, 0) is 10.0 Å². The van der Waals surface area contributed by atoms with E-state index in [1.807, 2.05) is 4.57 Å². The molecule has 0 saturated heterocycles. The number of halogens is 2. The maximum absolute atomic E-state index is 13.3. The number of rotatable bonds is 6. The fraction of sp³-hybridized carbons (Fsp3) is 0.364. The first-order chi connectivity index (χ1) is 14.7. The second kappa shape index (κ2) is 8.02. The van der Waals surface area contributed by atoms with Crippen LogP contribution in [0.2, 0.25) is 0 Å². The summed E-state index contributed by atoms with van der Waals surface area (Å²) in [5.74, 6) is 0. The average Bonchev–Trinajstić information content (AvgIpc) is 2.99. The summed E-state index contributed by atoms with van der Waals surface area (Å²) < 4.78 is 55.9. The zero-order valence-corrected chi connectivity index (χ0v) is 18.0. The van der Waals surface area contributed by atoms with E-state index in [9.17, 15) is 22.5 Å². The Balaban J connectivity index is 1.90. The van der Waals surface area contributed by atoms with Gasteiger partial charge in [0, 0.05) is 29.2 Å². The molecule has 1 N–H and O–H groups in total. The third-order valence-electron chi connectivity index (χ3n) is 5.51. The Bertz CT molecular complexity index is 1270. The van der Waals surface area contributed by atoms with Crippen LogP contribution in [0, 0.1) is 11.3 Å². The summed E-state index contributed by atoms with van der Waals surface area (Å²) in [7, 11) is -3.70. The number of pyridine rings is 1. The van der Waals surface area contributed by atoms with Gasteiger partial charge in [0.25, 0.3) is 6.43 Å². The first-order valence-corrected chi connectivity index (χ1v) is 11.6. The maximum atomic E-state index is 13.3. The highest BCUT2D eigenvalue weighted by Crippen LogP contribution is 2.42. The number of fused-ring (bicyclic) bond motifs is 1. The number of nitrogens with zero attached hydrogens (tertiary/aromatic N) is 3. The van der Waals surface area contributed by atoms with Crippen molar-refractivity contribution in [3.63, 3.8) is 0 Å². The Morgan fingerprint density at radius 2 is 1.97 bits per heavy atom. The Kier molecular flexibility index (Phi) is 5.54. The van der Waals surface area contributed by atoms with E-state index < -0.39 is 16.4 Å². The van der Waals surface area contributed by atoms with Gasteiger partial charge in [0.05, 0.1) is 22.5 Å². The zero-order chi connectivity index (χ0) is 22.3. The number of nitriles is 1. The maximum Gasteiger partial charge on any atom is 0.263 e. The Hall–Kier alpha value is -2.83. The molecule has 31 heavy (non-hydrogen) atoms. The van der Waals surface area contributed by atoms with Crippen molar-refractivity contribution in [3.8, 4) is 17.5 Å². The Morgan fingerprint density at radius 1 is 1.23 bits per heavy atom. The van der Waals surface area contributed by atoms with Crippen molar-refractivity contribution in [2.75, 3.05) is 0 Å². The minimum atomic E-state index is -3.70. The van der Waals surface area contributed by atoms with E-state index in [0.717, 1.165) is 19.3 Å². The van der Waals surface area contributed by atoms with Gasteiger partial charge in [-0.15, -0.1) is 0 Å². The summed E-state index contributed by atoms with van der Waals surface area (Å²) >= 11 is 0. The largest absolute Gasteiger partial charge is 0.335 e. The zero-order valence-electron chi connectivity index (χ0n) is 17.1. The first kappa shape index (κ1) is 21.4. The molecule has 0 atom stereocenters. The summed E-state index contributed by atoms with van der Waals surface area (Å²) in [6.45, 7) is 3.45. The quantitative estimate of drug-likeness (QED) is 0.584. The van der Waals surface area contributed by atoms with Gasteiger partial charge in [-0.05, 0) is 51.3 Å². The van der Waals surface area contributed by atoms with Crippen LogP contribution >= 0.6 is 0 Å². The molecule has 6 nitrogen and oxygen atoms in total. The van der Waals surface area contributed by atoms with Crippen LogP contribution in [0.5, 0.6) is 0 Å². The van der Waals surface area contributed by atoms with E-state index in [4.69, 9.17) is 0 Å². The lowest BCUT2D eigenvalue weighted by molar-refractivity contribution is 0.151. The highest BCUT2D eigenvalue weighted by atomic mass is 32.2. The minimum Gasteiger partial charge on any atom is -0.335 e. The average molecular weight is 445 g/mol. The standard InChI is InChI=1S/C22H22F2N4O2S/c1-13(2)27-31(29,30)16-7-9-19(26-12-16)21-18(11-25)17-8-6-14(22(23)24)10-20(17)28(21)15-4-3-5-15/h6-10,12-13,15,22,27H,3-5H2,1-2H3. The third-order valence-corrected chi connectivity index (χ3v) is 7.16. The smallest absolute Gasteiger partial charge is 0.263 e. The molecule has 0 aliphatic heterocycles. The van der Waals surface area contributed by atoms with Gasteiger partial charge in [0.2, 0.25) is 10.0 Å². The van der Waals surface area contributed by atoms with Gasteiger partial charge in [-0.2, -0.15) is 5.26 Å². The molecule has 9 heteroatoms. The number of hydrogen-bond donors (Lipinski definition) is 1. The number of nitrogens with one attached hydrogen (secondary N) is 1. The first-order valence-electron chi connectivity index (χ1n) is 10.1. The van der Waals surface area contributed by atoms with Crippen LogP contribution in [0.15, 0.2) is 41.4 Å². The van der Waals surface area contributed by atoms with Gasteiger partial charge in [-0.1, -0.05) is 12.1 Å². The van der Waals surface area contributed by atoms with Gasteiger partial charge in [-0.25, -0.2) is 21.9 Å². The lowest BCUT2D eigenvalue weighted by Gasteiger charge is -2.30. The molecular formula is C22H22F2N4O2S. The number of alkyl halides is 2. The van der Waals surface area contributed by atoms with E-state index in [1.54, 1.807) is 26.0 Å². The molecule has 0 unspecified atom stereocenters. The summed E-state index contributed by atoms with van der Waals surface area (Å²) in [5, 5.41) is 10.5. The van der Waals surface area contributed by atoms with E-state index in [0.29, 0.717) is 27.9 Å². The van der Waals surface area contributed by atoms with E-state index in [-0.39, 0.29) is 22.5 Å². The second-order valence-corrected chi connectivity index (χ2v) is 9.74. The fourth-order valence-electron chi connectivity index (χ4n) is 3.91. The van der Waals surface area contributed by atoms with Gasteiger partial charge in [-0.3, -0.25) is 4.98 Å². The van der Waals surface area contributed by atoms with E-state index in [2.05, 4.69) is 15.8 Å². The number of benzene rings is 1. The van der Waals surface area contributed by atoms with Crippen LogP contribution < -0.4 is 4.72 Å². The summed E-state index contributed by atoms with van der Waals surface area (Å²) in [6, 6.07) is 9.36. The summed E-state index contributed by atoms with van der Waals surface area (Å²) in [6.07, 6.45) is 1.43. The Labute approximate surface area is 179 Å². The number of aromatic nitrogens is 2. The van der Waals surface area contributed by atoms with Gasteiger partial charge in [0.1, 0.15) is 11.0 Å². The predicted molar refractivity (Wildman–Crippen MR) is 113 cm³/mol. The minimum absolute atomic E-state index is 0.0229. The van der Waals surface area contributed by atoms with Crippen molar-refractivity contribution in [2.45, 2.75) is 56.5 Å². The monoisotopic (exact) mass is 444 g/mol. The fourth-order valence-corrected chi connectivity index (χ4v) is 5.11. The molecular weight excluding hydrogens is 422 g/mol. The molecule has 3 aromatic rings. The summed E-state index contributed by atoms with van der Waals surface area (Å²) in [4.78, 5) is 4.37. The molecule has 1 aliphatic carbocycles. The van der Waals surface area contributed by atoms with Crippen molar-refractivity contribution < 1.29 is 17.2 Å². The molecule has 0 radical (unpaired) electrons. The lowest BCUT2D eigenvalue weighted by atomic mass is 9.92. The van der Waals surface area contributed by atoms with Crippen LogP contribution in [-0.4, -0.2) is 24.0 Å². The van der Waals surface area contributed by atoms with Crippen LogP contribution in [0.1, 0.15) is 56.7 Å². The third kappa shape index (κ3) is 3.82. The molecule has 1 aromatic carbocycles. The molecule has 2 aromatic heterocycles. The molecule has 0 bridgehead atoms. The highest BCUT2D eigenvalue weighted by Gasteiger charge is 2.29. The van der Waals surface area contributed by atoms with Crippen molar-refractivity contribution in [1.29, 1.82) is 5.26 Å². The molecule has 0 amide bonds. The molecule has 1 fully saturated rings. The molecule has 0 spiro atoms. The molecule has 2 heterocycles. The van der Waals surface area contributed by atoms with Gasteiger partial charge in [0.15, 0.2) is 0 Å². The van der Waals surface area contributed by atoms with Crippen LogP contribution in [0.25, 0.3) is 22.3 Å². The van der Waals surface area contributed by atoms with Crippen molar-refractivity contribution in [3.05, 3.63) is 47.7 Å². The van der Waals surface area contributed by atoms with Gasteiger partial charge >= 0.3 is 0 Å². The lowest BCUT2D eigenvalue weighted by Crippen LogP contribution is -2.30. The normalized spacial score (nSPS) is 14.9. The molecule has 4 rings (SSSR count). The number of sulfonamides is 1. The van der Waals surface area contributed by atoms with E-state index >= 15 is 0 Å². The molecule has 162 valence electrons. The van der Waals surface area contributed by atoms with Crippen molar-refractivity contribution >= 4 is 20.9 Å². The van der Waals surface area contributed by atoms with Gasteiger partial charge < -0.3 is 4.57 Å². The van der Waals surface area contributed by atoms with E-state index in [1.165, 1.54) is 24.4 Å². The predicted octanol–water partition coefficient (Wildman–Crippen LogP) is 4.92. The molecule has 1 saturated carbocycles. The Morgan fingerprint density at radius 3 is 2.48 bits per heavy atom. The molecule has 1 aliphatic rings. The SMILES string of the molecule is CC(C)NS(=O)(=O)c1ccc(-c2c(C#N)c3ccc(C(F)F)cc3n2C2CCC2)nc1. The van der Waals surface area contributed by atoms with Crippen LogP contribution in [0.3, 0.4) is 0 Å². The van der Waals surface area contributed by atoms with Crippen molar-refractivity contribution in [2.24, 2.45) is 0 Å². The summed E-state index contributed by atoms with van der Waals surface area (Å²) in [5.41, 5.74) is 1.80. The highest BCUT2D eigenvalue weighted by molar-refractivity contribution is 7.89. The van der Waals surface area contributed by atoms with Crippen LogP contribution in [0.4, 0.5) is 8.78 Å². The second-order valence-electron chi connectivity index (χ2n) is 8.02. The van der Waals surface area contributed by atoms with Crippen molar-refractivity contribution in [1.82, 2.24) is 14.3 Å².